The SMILES string of the molecule is CC(=O)OC1CC(=O)C(CCC(=O)O)C1C(=O)O. The van der Waals surface area contributed by atoms with Gasteiger partial charge in [0.25, 0.3) is 0 Å². The maximum absolute atomic E-state index is 11.6. The first-order valence-corrected chi connectivity index (χ1v) is 5.47. The third kappa shape index (κ3) is 3.28. The lowest BCUT2D eigenvalue weighted by atomic mass is 9.90. The van der Waals surface area contributed by atoms with Crippen molar-refractivity contribution in [3.05, 3.63) is 0 Å². The maximum Gasteiger partial charge on any atom is 0.311 e. The molecule has 0 bridgehead atoms. The van der Waals surface area contributed by atoms with Crippen molar-refractivity contribution in [2.45, 2.75) is 32.3 Å². The van der Waals surface area contributed by atoms with Gasteiger partial charge in [0, 0.05) is 25.7 Å². The molecule has 3 atom stereocenters. The van der Waals surface area contributed by atoms with E-state index >= 15 is 0 Å². The number of hydrogen-bond donors (Lipinski definition) is 2. The molecular weight excluding hydrogens is 244 g/mol. The van der Waals surface area contributed by atoms with Gasteiger partial charge in [-0.3, -0.25) is 19.2 Å². The van der Waals surface area contributed by atoms with Crippen LogP contribution in [-0.2, 0) is 23.9 Å². The highest BCUT2D eigenvalue weighted by Crippen LogP contribution is 2.34. The molecule has 0 aromatic rings. The average Bonchev–Trinajstić information content (AvgIpc) is 2.50. The number of carbonyl (C=O) groups excluding carboxylic acids is 2. The predicted molar refractivity (Wildman–Crippen MR) is 56.7 cm³/mol. The number of hydrogen-bond acceptors (Lipinski definition) is 5. The highest BCUT2D eigenvalue weighted by atomic mass is 16.5. The number of ether oxygens (including phenoxy) is 1. The number of rotatable bonds is 5. The summed E-state index contributed by atoms with van der Waals surface area (Å²) in [6.07, 6.45) is -1.50. The second kappa shape index (κ2) is 5.61. The molecule has 100 valence electrons. The molecule has 18 heavy (non-hydrogen) atoms. The molecule has 7 nitrogen and oxygen atoms in total. The van der Waals surface area contributed by atoms with Crippen molar-refractivity contribution >= 4 is 23.7 Å². The van der Waals surface area contributed by atoms with Crippen molar-refractivity contribution in [2.75, 3.05) is 0 Å². The highest BCUT2D eigenvalue weighted by molar-refractivity contribution is 5.91. The van der Waals surface area contributed by atoms with E-state index in [-0.39, 0.29) is 25.0 Å². The summed E-state index contributed by atoms with van der Waals surface area (Å²) in [6.45, 7) is 1.13. The number of carboxylic acids is 2. The molecule has 0 radical (unpaired) electrons. The fraction of sp³-hybridized carbons (Fsp3) is 0.636. The van der Waals surface area contributed by atoms with E-state index in [1.165, 1.54) is 0 Å². The van der Waals surface area contributed by atoms with Gasteiger partial charge in [-0.2, -0.15) is 0 Å². The molecule has 1 aliphatic rings. The second-order valence-corrected chi connectivity index (χ2v) is 4.22. The lowest BCUT2D eigenvalue weighted by Gasteiger charge is -2.18. The van der Waals surface area contributed by atoms with Crippen LogP contribution in [0.2, 0.25) is 0 Å². The van der Waals surface area contributed by atoms with Crippen LogP contribution in [0.25, 0.3) is 0 Å². The summed E-state index contributed by atoms with van der Waals surface area (Å²) in [5.41, 5.74) is 0. The molecule has 0 saturated heterocycles. The van der Waals surface area contributed by atoms with Crippen molar-refractivity contribution in [2.24, 2.45) is 11.8 Å². The number of Topliss-reactive ketones (excluding diaryl/α,β-unsaturated/α-hetero) is 1. The first-order chi connectivity index (χ1) is 8.32. The Hall–Kier alpha value is -1.92. The number of ketones is 1. The number of esters is 1. The van der Waals surface area contributed by atoms with E-state index in [4.69, 9.17) is 14.9 Å². The van der Waals surface area contributed by atoms with Crippen molar-refractivity contribution < 1.29 is 34.1 Å². The highest BCUT2D eigenvalue weighted by Gasteiger charge is 2.48. The third-order valence-electron chi connectivity index (χ3n) is 2.92. The summed E-state index contributed by atoms with van der Waals surface area (Å²) in [6, 6.07) is 0. The first-order valence-electron chi connectivity index (χ1n) is 5.47. The van der Waals surface area contributed by atoms with Crippen LogP contribution >= 0.6 is 0 Å². The second-order valence-electron chi connectivity index (χ2n) is 4.22. The van der Waals surface area contributed by atoms with Crippen LogP contribution in [0.4, 0.5) is 0 Å². The van der Waals surface area contributed by atoms with Gasteiger partial charge in [-0.1, -0.05) is 0 Å². The van der Waals surface area contributed by atoms with Gasteiger partial charge >= 0.3 is 17.9 Å². The van der Waals surface area contributed by atoms with Crippen molar-refractivity contribution in [1.82, 2.24) is 0 Å². The molecule has 0 amide bonds. The Bertz CT molecular complexity index is 387. The van der Waals surface area contributed by atoms with Gasteiger partial charge in [0.1, 0.15) is 17.8 Å². The summed E-state index contributed by atoms with van der Waals surface area (Å²) in [5.74, 6) is -5.41. The van der Waals surface area contributed by atoms with E-state index < -0.39 is 35.8 Å². The minimum absolute atomic E-state index is 0.0527. The predicted octanol–water partition coefficient (Wildman–Crippen LogP) is 0.0727. The van der Waals surface area contributed by atoms with E-state index in [0.29, 0.717) is 0 Å². The third-order valence-corrected chi connectivity index (χ3v) is 2.92. The molecule has 7 heteroatoms. The van der Waals surface area contributed by atoms with Gasteiger partial charge in [-0.05, 0) is 6.42 Å². The zero-order valence-electron chi connectivity index (χ0n) is 9.79. The summed E-state index contributed by atoms with van der Waals surface area (Å²) in [7, 11) is 0. The summed E-state index contributed by atoms with van der Waals surface area (Å²) >= 11 is 0. The molecular formula is C11H14O7. The van der Waals surface area contributed by atoms with E-state index in [0.717, 1.165) is 6.92 Å². The number of carbonyl (C=O) groups is 4. The Kier molecular flexibility index (Phi) is 4.41. The molecule has 0 heterocycles. The van der Waals surface area contributed by atoms with Crippen LogP contribution in [0, 0.1) is 11.8 Å². The van der Waals surface area contributed by atoms with Crippen LogP contribution in [-0.4, -0.2) is 40.0 Å². The van der Waals surface area contributed by atoms with Crippen LogP contribution in [0.1, 0.15) is 26.2 Å². The topological polar surface area (TPSA) is 118 Å². The smallest absolute Gasteiger partial charge is 0.311 e. The van der Waals surface area contributed by atoms with Crippen LogP contribution < -0.4 is 0 Å². The Balaban J connectivity index is 2.81. The molecule has 0 aliphatic heterocycles. The summed E-state index contributed by atoms with van der Waals surface area (Å²) in [4.78, 5) is 44.0. The lowest BCUT2D eigenvalue weighted by Crippen LogP contribution is -2.32. The zero-order valence-corrected chi connectivity index (χ0v) is 9.79. The monoisotopic (exact) mass is 258 g/mol. The van der Waals surface area contributed by atoms with Crippen LogP contribution in [0.5, 0.6) is 0 Å². The molecule has 0 aromatic carbocycles. The summed E-state index contributed by atoms with van der Waals surface area (Å²) in [5, 5.41) is 17.6. The quantitative estimate of drug-likeness (QED) is 0.670. The minimum Gasteiger partial charge on any atom is -0.481 e. The maximum atomic E-state index is 11.6. The first kappa shape index (κ1) is 14.1. The van der Waals surface area contributed by atoms with Crippen molar-refractivity contribution in [3.8, 4) is 0 Å². The fourth-order valence-corrected chi connectivity index (χ4v) is 2.21. The molecule has 0 aromatic heterocycles. The largest absolute Gasteiger partial charge is 0.481 e. The minimum atomic E-state index is -1.25. The molecule has 3 unspecified atom stereocenters. The molecule has 2 N–H and O–H groups in total. The van der Waals surface area contributed by atoms with Crippen LogP contribution in [0.15, 0.2) is 0 Å². The standard InChI is InChI=1S/C11H14O7/c1-5(12)18-8-4-7(13)6(2-3-9(14)15)10(8)11(16)17/h6,8,10H,2-4H2,1H3,(H,14,15)(H,16,17). The van der Waals surface area contributed by atoms with E-state index in [9.17, 15) is 19.2 Å². The fourth-order valence-electron chi connectivity index (χ4n) is 2.21. The molecule has 1 fully saturated rings. The lowest BCUT2D eigenvalue weighted by molar-refractivity contribution is -0.157. The van der Waals surface area contributed by atoms with E-state index in [1.807, 2.05) is 0 Å². The zero-order chi connectivity index (χ0) is 13.9. The van der Waals surface area contributed by atoms with Gasteiger partial charge in [-0.25, -0.2) is 0 Å². The van der Waals surface area contributed by atoms with Gasteiger partial charge < -0.3 is 14.9 Å². The molecule has 0 spiro atoms. The van der Waals surface area contributed by atoms with Gasteiger partial charge in [-0.15, -0.1) is 0 Å². The average molecular weight is 258 g/mol. The van der Waals surface area contributed by atoms with Crippen molar-refractivity contribution in [3.63, 3.8) is 0 Å². The van der Waals surface area contributed by atoms with Crippen molar-refractivity contribution in [1.29, 1.82) is 0 Å². The number of carboxylic acid groups (broad SMARTS) is 2. The summed E-state index contributed by atoms with van der Waals surface area (Å²) < 4.78 is 4.80. The Morgan fingerprint density at radius 2 is 1.94 bits per heavy atom. The van der Waals surface area contributed by atoms with Crippen LogP contribution in [0.3, 0.4) is 0 Å². The Morgan fingerprint density at radius 1 is 1.33 bits per heavy atom. The molecule has 1 rings (SSSR count). The van der Waals surface area contributed by atoms with E-state index in [2.05, 4.69) is 0 Å². The van der Waals surface area contributed by atoms with Gasteiger partial charge in [0.15, 0.2) is 0 Å². The Morgan fingerprint density at radius 3 is 2.39 bits per heavy atom. The molecule has 1 saturated carbocycles. The van der Waals surface area contributed by atoms with Gasteiger partial charge in [0.2, 0.25) is 0 Å². The van der Waals surface area contributed by atoms with Gasteiger partial charge in [0.05, 0.1) is 0 Å². The van der Waals surface area contributed by atoms with E-state index in [1.54, 1.807) is 0 Å². The molecule has 1 aliphatic carbocycles. The number of aliphatic carboxylic acids is 2. The normalized spacial score (nSPS) is 26.9. The Labute approximate surface area is 103 Å².